The summed E-state index contributed by atoms with van der Waals surface area (Å²) in [5.41, 5.74) is 0.242. The van der Waals surface area contributed by atoms with Gasteiger partial charge in [0, 0.05) is 26.6 Å². The molecule has 0 fully saturated rings. The predicted molar refractivity (Wildman–Crippen MR) is 120 cm³/mol. The van der Waals surface area contributed by atoms with Crippen LogP contribution in [0, 0.1) is 0 Å². The Morgan fingerprint density at radius 3 is 2.09 bits per heavy atom. The van der Waals surface area contributed by atoms with Gasteiger partial charge in [-0.25, -0.2) is 18.4 Å². The second kappa shape index (κ2) is 11.0. The van der Waals surface area contributed by atoms with Crippen molar-refractivity contribution in [1.82, 2.24) is 34.7 Å². The Labute approximate surface area is 201 Å². The zero-order valence-electron chi connectivity index (χ0n) is 19.2. The van der Waals surface area contributed by atoms with E-state index in [4.69, 9.17) is 30.5 Å². The Bertz CT molecular complexity index is 1200. The van der Waals surface area contributed by atoms with Gasteiger partial charge in [-0.15, -0.1) is 10.2 Å². The third-order valence-electron chi connectivity index (χ3n) is 4.91. The highest BCUT2D eigenvalue weighted by atomic mass is 35.5. The molecule has 2 atom stereocenters. The van der Waals surface area contributed by atoms with Crippen LogP contribution in [0.5, 0.6) is 11.8 Å². The van der Waals surface area contributed by atoms with Gasteiger partial charge in [0.25, 0.3) is 0 Å². The van der Waals surface area contributed by atoms with Crippen LogP contribution in [0.25, 0.3) is 5.69 Å². The highest BCUT2D eigenvalue weighted by Crippen LogP contribution is 2.32. The van der Waals surface area contributed by atoms with Gasteiger partial charge in [0.2, 0.25) is 11.8 Å². The van der Waals surface area contributed by atoms with Crippen LogP contribution < -0.4 is 9.47 Å². The van der Waals surface area contributed by atoms with Gasteiger partial charge in [-0.2, -0.15) is 9.97 Å². The molecule has 0 unspecified atom stereocenters. The zero-order valence-corrected chi connectivity index (χ0v) is 20.7. The molecule has 0 saturated carbocycles. The second-order valence-electron chi connectivity index (χ2n) is 6.97. The summed E-state index contributed by atoms with van der Waals surface area (Å²) < 4.78 is 49.7. The molecule has 3 aromatic rings. The molecule has 184 valence electrons. The van der Waals surface area contributed by atoms with Crippen LogP contribution in [-0.2, 0) is 31.7 Å². The quantitative estimate of drug-likeness (QED) is 0.363. The molecule has 13 nitrogen and oxygen atoms in total. The lowest BCUT2D eigenvalue weighted by molar-refractivity contribution is 0.0948. The van der Waals surface area contributed by atoms with Crippen LogP contribution in [0.2, 0.25) is 5.02 Å². The molecule has 0 N–H and O–H groups in total. The van der Waals surface area contributed by atoms with Crippen molar-refractivity contribution in [3.05, 3.63) is 41.2 Å². The van der Waals surface area contributed by atoms with Crippen LogP contribution in [0.15, 0.2) is 18.7 Å². The molecule has 0 saturated heterocycles. The number of ether oxygens (including phenoxy) is 4. The Morgan fingerprint density at radius 1 is 0.971 bits per heavy atom. The lowest BCUT2D eigenvalue weighted by Gasteiger charge is -2.22. The number of methoxy groups -OCH3 is 4. The molecular weight excluding hydrogens is 490 g/mol. The van der Waals surface area contributed by atoms with Crippen molar-refractivity contribution in [3.63, 3.8) is 0 Å². The number of rotatable bonds is 11. The first-order valence-corrected chi connectivity index (χ1v) is 11.9. The van der Waals surface area contributed by atoms with Gasteiger partial charge in [0.1, 0.15) is 24.8 Å². The molecule has 0 spiro atoms. The van der Waals surface area contributed by atoms with E-state index in [1.54, 1.807) is 0 Å². The Hall–Kier alpha value is -2.94. The maximum absolute atomic E-state index is 13.4. The van der Waals surface area contributed by atoms with Crippen molar-refractivity contribution in [1.29, 1.82) is 0 Å². The maximum Gasteiger partial charge on any atom is 0.245 e. The van der Waals surface area contributed by atoms with Crippen molar-refractivity contribution in [2.75, 3.05) is 28.4 Å². The molecule has 0 aliphatic heterocycles. The molecule has 0 amide bonds. The third kappa shape index (κ3) is 5.24. The van der Waals surface area contributed by atoms with E-state index in [1.165, 1.54) is 58.7 Å². The zero-order chi connectivity index (χ0) is 24.9. The molecule has 0 bridgehead atoms. The second-order valence-corrected chi connectivity index (χ2v) is 9.76. The topological polar surface area (TPSA) is 153 Å². The maximum atomic E-state index is 13.4. The van der Waals surface area contributed by atoms with E-state index in [0.29, 0.717) is 10.8 Å². The molecule has 0 aromatic carbocycles. The van der Waals surface area contributed by atoms with E-state index >= 15 is 0 Å². The molecule has 3 rings (SSSR count). The molecular formula is C19H24ClN7O6S. The minimum atomic E-state index is -3.88. The minimum Gasteiger partial charge on any atom is -0.479 e. The molecule has 34 heavy (non-hydrogen) atoms. The Balaban J connectivity index is 2.05. The number of hydrogen-bond acceptors (Lipinski definition) is 12. The van der Waals surface area contributed by atoms with Crippen molar-refractivity contribution in [3.8, 4) is 17.4 Å². The molecule has 0 aliphatic rings. The van der Waals surface area contributed by atoms with Crippen LogP contribution in [0.1, 0.15) is 30.5 Å². The van der Waals surface area contributed by atoms with E-state index < -0.39 is 26.9 Å². The largest absolute Gasteiger partial charge is 0.479 e. The molecule has 0 radical (unpaired) electrons. The lowest BCUT2D eigenvalue weighted by Crippen LogP contribution is -2.30. The normalized spacial score (nSPS) is 13.5. The summed E-state index contributed by atoms with van der Waals surface area (Å²) in [6.45, 7) is 1.54. The van der Waals surface area contributed by atoms with Crippen molar-refractivity contribution >= 4 is 21.4 Å². The number of aromatic nitrogens is 7. The SMILES string of the molecule is COCc1nnc(CS(=O)(=O)[C@@H](C)[C@H](OC)c2ncc(Cl)cn2)n1-c1c(OC)ncnc1OC. The average Bonchev–Trinajstić information content (AvgIpc) is 3.21. The van der Waals surface area contributed by atoms with E-state index in [-0.39, 0.29) is 35.7 Å². The highest BCUT2D eigenvalue weighted by Gasteiger charge is 2.35. The summed E-state index contributed by atoms with van der Waals surface area (Å²) in [5.74, 6) is 0.345. The Kier molecular flexibility index (Phi) is 8.30. The van der Waals surface area contributed by atoms with Crippen LogP contribution >= 0.6 is 11.6 Å². The van der Waals surface area contributed by atoms with E-state index in [1.807, 2.05) is 0 Å². The summed E-state index contributed by atoms with van der Waals surface area (Å²) >= 11 is 5.85. The highest BCUT2D eigenvalue weighted by molar-refractivity contribution is 7.91. The first-order chi connectivity index (χ1) is 16.3. The smallest absolute Gasteiger partial charge is 0.245 e. The monoisotopic (exact) mass is 513 g/mol. The number of halogens is 1. The number of hydrogen-bond donors (Lipinski definition) is 0. The van der Waals surface area contributed by atoms with Crippen molar-refractivity contribution < 1.29 is 27.4 Å². The summed E-state index contributed by atoms with van der Waals surface area (Å²) in [4.78, 5) is 16.4. The van der Waals surface area contributed by atoms with E-state index in [9.17, 15) is 8.42 Å². The molecule has 15 heteroatoms. The van der Waals surface area contributed by atoms with Crippen molar-refractivity contribution in [2.45, 2.75) is 30.6 Å². The summed E-state index contributed by atoms with van der Waals surface area (Å²) in [7, 11) is 1.81. The van der Waals surface area contributed by atoms with Gasteiger partial charge in [0.05, 0.1) is 24.5 Å². The molecule has 0 aliphatic carbocycles. The minimum absolute atomic E-state index is 0.0309. The number of sulfone groups is 1. The first kappa shape index (κ1) is 25.7. The summed E-state index contributed by atoms with van der Waals surface area (Å²) in [6.07, 6.45) is 3.06. The van der Waals surface area contributed by atoms with Gasteiger partial charge in [0.15, 0.2) is 33.0 Å². The molecule has 3 aromatic heterocycles. The lowest BCUT2D eigenvalue weighted by atomic mass is 10.2. The van der Waals surface area contributed by atoms with Crippen LogP contribution in [0.3, 0.4) is 0 Å². The van der Waals surface area contributed by atoms with Gasteiger partial charge in [-0.3, -0.25) is 4.57 Å². The standard InChI is InChI=1S/C19H24ClN7O6S/c1-11(16(31-3)17-21-6-12(20)7-22-17)34(28,29)9-14-26-25-13(8-30-2)27(14)15-18(32-4)23-10-24-19(15)33-5/h6-7,10-11,16H,8-9H2,1-5H3/t11-,16-/m0/s1. The Morgan fingerprint density at radius 2 is 1.56 bits per heavy atom. The average molecular weight is 514 g/mol. The summed E-state index contributed by atoms with van der Waals surface area (Å²) in [6, 6.07) is 0. The fourth-order valence-corrected chi connectivity index (χ4v) is 4.76. The van der Waals surface area contributed by atoms with E-state index in [2.05, 4.69) is 30.1 Å². The van der Waals surface area contributed by atoms with E-state index in [0.717, 1.165) is 0 Å². The van der Waals surface area contributed by atoms with Gasteiger partial charge in [-0.05, 0) is 6.92 Å². The molecule has 3 heterocycles. The van der Waals surface area contributed by atoms with Gasteiger partial charge in [-0.1, -0.05) is 11.6 Å². The van der Waals surface area contributed by atoms with Crippen LogP contribution in [0.4, 0.5) is 0 Å². The fraction of sp³-hybridized carbons (Fsp3) is 0.474. The summed E-state index contributed by atoms with van der Waals surface area (Å²) in [5, 5.41) is 7.48. The van der Waals surface area contributed by atoms with Crippen molar-refractivity contribution in [2.24, 2.45) is 0 Å². The number of nitrogens with zero attached hydrogens (tertiary/aromatic N) is 7. The fourth-order valence-electron chi connectivity index (χ4n) is 3.24. The third-order valence-corrected chi connectivity index (χ3v) is 7.14. The van der Waals surface area contributed by atoms with Gasteiger partial charge >= 0.3 is 0 Å². The predicted octanol–water partition coefficient (Wildman–Crippen LogP) is 1.36. The van der Waals surface area contributed by atoms with Gasteiger partial charge < -0.3 is 18.9 Å². The first-order valence-electron chi connectivity index (χ1n) is 9.84. The van der Waals surface area contributed by atoms with Crippen LogP contribution in [-0.4, -0.2) is 76.8 Å².